The van der Waals surface area contributed by atoms with E-state index in [1.807, 2.05) is 25.1 Å². The van der Waals surface area contributed by atoms with Gasteiger partial charge in [0.1, 0.15) is 0 Å². The monoisotopic (exact) mass is 121 g/mol. The van der Waals surface area contributed by atoms with Gasteiger partial charge >= 0.3 is 0 Å². The highest BCUT2D eigenvalue weighted by atomic mass is 14.6. The lowest BCUT2D eigenvalue weighted by Gasteiger charge is -1.70. The van der Waals surface area contributed by atoms with Crippen molar-refractivity contribution >= 4 is 0 Å². The lowest BCUT2D eigenvalue weighted by molar-refractivity contribution is 1.33. The largest absolute Gasteiger partial charge is 0.265 e. The molecule has 0 N–H and O–H groups in total. The van der Waals surface area contributed by atoms with E-state index in [2.05, 4.69) is 11.6 Å². The first kappa shape index (κ1) is 7.89. The van der Waals surface area contributed by atoms with Gasteiger partial charge in [0.15, 0.2) is 0 Å². The minimum absolute atomic E-state index is 1.75. The van der Waals surface area contributed by atoms with Crippen molar-refractivity contribution < 1.29 is 0 Å². The Morgan fingerprint density at radius 2 is 1.67 bits per heavy atom. The maximum atomic E-state index is 3.78. The van der Waals surface area contributed by atoms with Crippen LogP contribution in [0.5, 0.6) is 0 Å². The number of aromatic nitrogens is 1. The second kappa shape index (κ2) is 6.89. The SMILES string of the molecule is C=CC.c1ccncc1. The molecule has 0 aliphatic heterocycles. The van der Waals surface area contributed by atoms with E-state index >= 15 is 0 Å². The van der Waals surface area contributed by atoms with Gasteiger partial charge in [0, 0.05) is 12.4 Å². The fourth-order valence-corrected chi connectivity index (χ4v) is 0.313. The van der Waals surface area contributed by atoms with Crippen LogP contribution in [0.4, 0.5) is 0 Å². The number of hydrogen-bond acceptors (Lipinski definition) is 1. The van der Waals surface area contributed by atoms with Crippen LogP contribution in [0, 0.1) is 0 Å². The highest BCUT2D eigenvalue weighted by Gasteiger charge is 1.58. The van der Waals surface area contributed by atoms with Gasteiger partial charge in [-0.15, -0.1) is 6.58 Å². The Morgan fingerprint density at radius 3 is 1.78 bits per heavy atom. The van der Waals surface area contributed by atoms with Gasteiger partial charge in [-0.1, -0.05) is 12.1 Å². The summed E-state index contributed by atoms with van der Waals surface area (Å²) < 4.78 is 0. The highest BCUT2D eigenvalue weighted by Crippen LogP contribution is 1.73. The summed E-state index contributed by atoms with van der Waals surface area (Å²) in [7, 11) is 0. The first-order valence-corrected chi connectivity index (χ1v) is 2.84. The third kappa shape index (κ3) is 6.89. The van der Waals surface area contributed by atoms with Crippen LogP contribution in [0.1, 0.15) is 6.92 Å². The first-order chi connectivity index (χ1) is 4.41. The first-order valence-electron chi connectivity index (χ1n) is 2.84. The summed E-state index contributed by atoms with van der Waals surface area (Å²) >= 11 is 0. The maximum absolute atomic E-state index is 3.78. The molecule has 48 valence electrons. The molecule has 0 radical (unpaired) electrons. The Kier molecular flexibility index (Phi) is 6.04. The van der Waals surface area contributed by atoms with Gasteiger partial charge < -0.3 is 0 Å². The molecule has 0 saturated heterocycles. The van der Waals surface area contributed by atoms with Gasteiger partial charge in [-0.3, -0.25) is 4.98 Å². The van der Waals surface area contributed by atoms with Gasteiger partial charge in [-0.25, -0.2) is 0 Å². The molecule has 0 unspecified atom stereocenters. The van der Waals surface area contributed by atoms with E-state index in [4.69, 9.17) is 0 Å². The van der Waals surface area contributed by atoms with E-state index in [0.717, 1.165) is 0 Å². The second-order valence-electron chi connectivity index (χ2n) is 1.43. The summed E-state index contributed by atoms with van der Waals surface area (Å²) in [5.74, 6) is 0. The predicted octanol–water partition coefficient (Wildman–Crippen LogP) is 2.27. The summed E-state index contributed by atoms with van der Waals surface area (Å²) in [6.07, 6.45) is 5.25. The van der Waals surface area contributed by atoms with E-state index in [1.54, 1.807) is 18.5 Å². The topological polar surface area (TPSA) is 12.9 Å². The van der Waals surface area contributed by atoms with E-state index in [-0.39, 0.29) is 0 Å². The van der Waals surface area contributed by atoms with Crippen molar-refractivity contribution in [1.82, 2.24) is 4.98 Å². The molecule has 0 bridgehead atoms. The summed E-state index contributed by atoms with van der Waals surface area (Å²) in [5.41, 5.74) is 0. The normalized spacial score (nSPS) is 6.78. The molecule has 9 heavy (non-hydrogen) atoms. The molecular formula is C8H11N. The van der Waals surface area contributed by atoms with Crippen LogP contribution in [0.3, 0.4) is 0 Å². The second-order valence-corrected chi connectivity index (χ2v) is 1.43. The lowest BCUT2D eigenvalue weighted by Crippen LogP contribution is -1.58. The van der Waals surface area contributed by atoms with E-state index in [9.17, 15) is 0 Å². The van der Waals surface area contributed by atoms with Gasteiger partial charge in [-0.05, 0) is 19.1 Å². The zero-order valence-corrected chi connectivity index (χ0v) is 5.62. The van der Waals surface area contributed by atoms with Gasteiger partial charge in [-0.2, -0.15) is 0 Å². The van der Waals surface area contributed by atoms with E-state index in [1.165, 1.54) is 0 Å². The molecule has 0 amide bonds. The Bertz CT molecular complexity index is 108. The number of pyridine rings is 1. The van der Waals surface area contributed by atoms with Crippen LogP contribution in [-0.4, -0.2) is 4.98 Å². The average molecular weight is 121 g/mol. The molecule has 1 aromatic rings. The molecule has 0 aliphatic rings. The van der Waals surface area contributed by atoms with Crippen molar-refractivity contribution in [2.75, 3.05) is 0 Å². The van der Waals surface area contributed by atoms with Gasteiger partial charge in [0.25, 0.3) is 0 Å². The van der Waals surface area contributed by atoms with Crippen molar-refractivity contribution in [3.63, 3.8) is 0 Å². The Labute approximate surface area is 56.1 Å². The predicted molar refractivity (Wildman–Crippen MR) is 40.1 cm³/mol. The van der Waals surface area contributed by atoms with Crippen LogP contribution in [0.2, 0.25) is 0 Å². The fraction of sp³-hybridized carbons (Fsp3) is 0.125. The number of nitrogens with zero attached hydrogens (tertiary/aromatic N) is 1. The zero-order chi connectivity index (χ0) is 6.95. The highest BCUT2D eigenvalue weighted by molar-refractivity contribution is 4.88. The molecule has 1 aromatic heterocycles. The van der Waals surface area contributed by atoms with Crippen molar-refractivity contribution in [1.29, 1.82) is 0 Å². The quantitative estimate of drug-likeness (QED) is 0.480. The summed E-state index contributed by atoms with van der Waals surface area (Å²) in [6, 6.07) is 5.72. The van der Waals surface area contributed by atoms with Crippen LogP contribution in [-0.2, 0) is 0 Å². The Morgan fingerprint density at radius 1 is 1.22 bits per heavy atom. The summed E-state index contributed by atoms with van der Waals surface area (Å²) in [4.78, 5) is 3.78. The molecule has 0 atom stereocenters. The molecule has 1 rings (SSSR count). The minimum Gasteiger partial charge on any atom is -0.265 e. The zero-order valence-electron chi connectivity index (χ0n) is 5.62. The molecule has 1 heteroatoms. The smallest absolute Gasteiger partial charge is 0.0267 e. The minimum atomic E-state index is 1.75. The van der Waals surface area contributed by atoms with E-state index in [0.29, 0.717) is 0 Å². The summed E-state index contributed by atoms with van der Waals surface area (Å²) in [5, 5.41) is 0. The average Bonchev–Trinajstić information content (AvgIpc) is 1.93. The van der Waals surface area contributed by atoms with Crippen LogP contribution in [0.15, 0.2) is 43.2 Å². The van der Waals surface area contributed by atoms with Crippen LogP contribution >= 0.6 is 0 Å². The van der Waals surface area contributed by atoms with Crippen LogP contribution in [0.25, 0.3) is 0 Å². The van der Waals surface area contributed by atoms with Gasteiger partial charge in [0.05, 0.1) is 0 Å². The molecule has 1 nitrogen and oxygen atoms in total. The molecule has 0 saturated carbocycles. The van der Waals surface area contributed by atoms with Crippen molar-refractivity contribution in [3.8, 4) is 0 Å². The van der Waals surface area contributed by atoms with Gasteiger partial charge in [0.2, 0.25) is 0 Å². The lowest BCUT2D eigenvalue weighted by atomic mass is 10.5. The van der Waals surface area contributed by atoms with Crippen molar-refractivity contribution in [3.05, 3.63) is 43.2 Å². The number of allylic oxidation sites excluding steroid dienone is 1. The number of rotatable bonds is 0. The molecule has 0 fully saturated rings. The van der Waals surface area contributed by atoms with E-state index < -0.39 is 0 Å². The Hall–Kier alpha value is -1.11. The standard InChI is InChI=1S/C5H5N.C3H6/c1-2-4-6-5-3-1;1-3-2/h1-5H;3H,1H2,2H3. The van der Waals surface area contributed by atoms with Crippen LogP contribution < -0.4 is 0 Å². The third-order valence-electron chi connectivity index (χ3n) is 0.566. The molecule has 1 heterocycles. The molecular weight excluding hydrogens is 110 g/mol. The molecule has 0 spiro atoms. The maximum Gasteiger partial charge on any atom is 0.0267 e. The third-order valence-corrected chi connectivity index (χ3v) is 0.566. The number of hydrogen-bond donors (Lipinski definition) is 0. The Balaban J connectivity index is 0.000000187. The van der Waals surface area contributed by atoms with Crippen molar-refractivity contribution in [2.45, 2.75) is 6.92 Å². The summed E-state index contributed by atoms with van der Waals surface area (Å²) in [6.45, 7) is 5.25. The fourth-order valence-electron chi connectivity index (χ4n) is 0.313. The van der Waals surface area contributed by atoms with Crippen molar-refractivity contribution in [2.24, 2.45) is 0 Å². The molecule has 0 aliphatic carbocycles. The molecule has 0 aromatic carbocycles.